The first-order valence-corrected chi connectivity index (χ1v) is 11.8. The van der Waals surface area contributed by atoms with E-state index in [0.29, 0.717) is 24.4 Å². The van der Waals surface area contributed by atoms with Crippen molar-refractivity contribution in [3.63, 3.8) is 0 Å². The van der Waals surface area contributed by atoms with Crippen LogP contribution < -0.4 is 25.6 Å². The molecule has 188 valence electrons. The fourth-order valence-corrected chi connectivity index (χ4v) is 4.08. The van der Waals surface area contributed by atoms with Gasteiger partial charge in [0.05, 0.1) is 23.7 Å². The third-order valence-electron chi connectivity index (χ3n) is 5.79. The summed E-state index contributed by atoms with van der Waals surface area (Å²) < 4.78 is 33.0. The summed E-state index contributed by atoms with van der Waals surface area (Å²) in [7, 11) is 0. The van der Waals surface area contributed by atoms with Crippen molar-refractivity contribution in [1.82, 2.24) is 5.32 Å². The number of carbonyl (C=O) groups is 2. The zero-order valence-corrected chi connectivity index (χ0v) is 19.9. The quantitative estimate of drug-likeness (QED) is 0.384. The SMILES string of the molecule is CCOc1cccc(CNC(=O)c2ccc(N3CCCC3)c(NC(=O)Nc3cc(F)ccc3F)c2)c1. The lowest BCUT2D eigenvalue weighted by molar-refractivity contribution is 0.0951. The van der Waals surface area contributed by atoms with Crippen molar-refractivity contribution in [2.45, 2.75) is 26.3 Å². The molecule has 4 rings (SSSR count). The van der Waals surface area contributed by atoms with Gasteiger partial charge in [-0.2, -0.15) is 0 Å². The van der Waals surface area contributed by atoms with Crippen molar-refractivity contribution in [3.05, 3.63) is 83.4 Å². The van der Waals surface area contributed by atoms with Crippen LogP contribution in [0.4, 0.5) is 30.6 Å². The van der Waals surface area contributed by atoms with E-state index in [1.165, 1.54) is 0 Å². The standard InChI is InChI=1S/C27H28F2N4O3/c1-2-36-21-7-5-6-18(14-21)17-30-26(34)19-8-11-25(33-12-3-4-13-33)24(15-19)32-27(35)31-23-16-20(28)9-10-22(23)29/h5-11,14-16H,2-4,12-13,17H2,1H3,(H,30,34)(H2,31,32,35). The molecule has 3 aromatic carbocycles. The summed E-state index contributed by atoms with van der Waals surface area (Å²) in [5, 5.41) is 7.91. The second kappa shape index (κ2) is 11.5. The molecule has 36 heavy (non-hydrogen) atoms. The molecule has 7 nitrogen and oxygen atoms in total. The number of ether oxygens (including phenoxy) is 1. The summed E-state index contributed by atoms with van der Waals surface area (Å²) in [5.74, 6) is -1.02. The molecule has 9 heteroatoms. The Morgan fingerprint density at radius 1 is 0.944 bits per heavy atom. The number of carbonyl (C=O) groups excluding carboxylic acids is 2. The first-order valence-electron chi connectivity index (χ1n) is 11.8. The summed E-state index contributed by atoms with van der Waals surface area (Å²) in [5.41, 5.74) is 2.11. The van der Waals surface area contributed by atoms with Crippen LogP contribution in [0.5, 0.6) is 5.75 Å². The number of amides is 3. The maximum absolute atomic E-state index is 14.0. The fourth-order valence-electron chi connectivity index (χ4n) is 4.08. The van der Waals surface area contributed by atoms with Crippen LogP contribution in [0.2, 0.25) is 0 Å². The molecule has 0 bridgehead atoms. The van der Waals surface area contributed by atoms with Gasteiger partial charge in [-0.1, -0.05) is 12.1 Å². The van der Waals surface area contributed by atoms with Crippen molar-refractivity contribution < 1.29 is 23.1 Å². The van der Waals surface area contributed by atoms with Crippen molar-refractivity contribution in [1.29, 1.82) is 0 Å². The third kappa shape index (κ3) is 6.29. The molecule has 1 aliphatic rings. The van der Waals surface area contributed by atoms with Gasteiger partial charge >= 0.3 is 6.03 Å². The molecule has 0 aliphatic carbocycles. The molecule has 0 unspecified atom stereocenters. The normalized spacial score (nSPS) is 12.8. The smallest absolute Gasteiger partial charge is 0.323 e. The first-order chi connectivity index (χ1) is 17.4. The second-order valence-corrected chi connectivity index (χ2v) is 8.39. The van der Waals surface area contributed by atoms with Gasteiger partial charge in [0.25, 0.3) is 5.91 Å². The highest BCUT2D eigenvalue weighted by Gasteiger charge is 2.19. The first kappa shape index (κ1) is 25.0. The number of nitrogens with one attached hydrogen (secondary N) is 3. The number of hydrogen-bond acceptors (Lipinski definition) is 4. The molecule has 1 aliphatic heterocycles. The van der Waals surface area contributed by atoms with Crippen LogP contribution in [-0.2, 0) is 6.54 Å². The highest BCUT2D eigenvalue weighted by molar-refractivity contribution is 6.04. The van der Waals surface area contributed by atoms with Crippen LogP contribution in [0.1, 0.15) is 35.7 Å². The van der Waals surface area contributed by atoms with Gasteiger partial charge < -0.3 is 25.6 Å². The van der Waals surface area contributed by atoms with E-state index in [4.69, 9.17) is 4.74 Å². The molecule has 3 aromatic rings. The fraction of sp³-hybridized carbons (Fsp3) is 0.259. The van der Waals surface area contributed by atoms with Crippen LogP contribution in [0.3, 0.4) is 0 Å². The molecule has 1 fully saturated rings. The van der Waals surface area contributed by atoms with E-state index in [2.05, 4.69) is 20.9 Å². The molecule has 3 N–H and O–H groups in total. The van der Waals surface area contributed by atoms with Crippen molar-refractivity contribution in [3.8, 4) is 5.75 Å². The molecular formula is C27H28F2N4O3. The lowest BCUT2D eigenvalue weighted by Gasteiger charge is -2.22. The second-order valence-electron chi connectivity index (χ2n) is 8.39. The zero-order valence-electron chi connectivity index (χ0n) is 19.9. The Morgan fingerprint density at radius 2 is 1.72 bits per heavy atom. The minimum atomic E-state index is -0.757. The van der Waals surface area contributed by atoms with Gasteiger partial charge in [0.15, 0.2) is 0 Å². The monoisotopic (exact) mass is 494 g/mol. The van der Waals surface area contributed by atoms with Crippen molar-refractivity contribution >= 4 is 29.0 Å². The van der Waals surface area contributed by atoms with Crippen LogP contribution in [0.15, 0.2) is 60.7 Å². The molecular weight excluding hydrogens is 466 g/mol. The molecule has 0 spiro atoms. The molecule has 0 saturated carbocycles. The Labute approximate surface area is 208 Å². The molecule has 0 aromatic heterocycles. The van der Waals surface area contributed by atoms with Crippen LogP contribution in [-0.4, -0.2) is 31.6 Å². The minimum absolute atomic E-state index is 0.279. The average molecular weight is 495 g/mol. The van der Waals surface area contributed by atoms with Gasteiger partial charge in [0.1, 0.15) is 17.4 Å². The van der Waals surface area contributed by atoms with Gasteiger partial charge in [-0.15, -0.1) is 0 Å². The van der Waals surface area contributed by atoms with Crippen LogP contribution in [0.25, 0.3) is 0 Å². The predicted octanol–water partition coefficient (Wildman–Crippen LogP) is 5.54. The van der Waals surface area contributed by atoms with Gasteiger partial charge in [-0.25, -0.2) is 13.6 Å². The van der Waals surface area contributed by atoms with Gasteiger partial charge in [0, 0.05) is 31.3 Å². The summed E-state index contributed by atoms with van der Waals surface area (Å²) in [4.78, 5) is 27.7. The lowest BCUT2D eigenvalue weighted by atomic mass is 10.1. The lowest BCUT2D eigenvalue weighted by Crippen LogP contribution is -2.26. The summed E-state index contributed by atoms with van der Waals surface area (Å²) in [6.45, 7) is 4.39. The Morgan fingerprint density at radius 3 is 2.50 bits per heavy atom. The summed E-state index contributed by atoms with van der Waals surface area (Å²) >= 11 is 0. The number of halogens is 2. The average Bonchev–Trinajstić information content (AvgIpc) is 3.40. The largest absolute Gasteiger partial charge is 0.494 e. The van der Waals surface area contributed by atoms with Gasteiger partial charge in [0.2, 0.25) is 0 Å². The van der Waals surface area contributed by atoms with Gasteiger partial charge in [-0.05, 0) is 67.8 Å². The van der Waals surface area contributed by atoms with Crippen LogP contribution >= 0.6 is 0 Å². The maximum atomic E-state index is 14.0. The van der Waals surface area contributed by atoms with E-state index in [0.717, 1.165) is 61.1 Å². The molecule has 0 atom stereocenters. The molecule has 1 heterocycles. The van der Waals surface area contributed by atoms with E-state index in [1.54, 1.807) is 18.2 Å². The Bertz CT molecular complexity index is 1250. The topological polar surface area (TPSA) is 82.7 Å². The Hall–Kier alpha value is -4.14. The van der Waals surface area contributed by atoms with Crippen LogP contribution in [0, 0.1) is 11.6 Å². The molecule has 0 radical (unpaired) electrons. The highest BCUT2D eigenvalue weighted by atomic mass is 19.1. The third-order valence-corrected chi connectivity index (χ3v) is 5.79. The molecule has 1 saturated heterocycles. The predicted molar refractivity (Wildman–Crippen MR) is 136 cm³/mol. The van der Waals surface area contributed by atoms with Crippen molar-refractivity contribution in [2.24, 2.45) is 0 Å². The van der Waals surface area contributed by atoms with Gasteiger partial charge in [-0.3, -0.25) is 4.79 Å². The summed E-state index contributed by atoms with van der Waals surface area (Å²) in [6, 6.07) is 14.6. The Balaban J connectivity index is 1.50. The van der Waals surface area contributed by atoms with Crippen molar-refractivity contribution in [2.75, 3.05) is 35.2 Å². The number of rotatable bonds is 8. The minimum Gasteiger partial charge on any atom is -0.494 e. The number of hydrogen-bond donors (Lipinski definition) is 3. The number of nitrogens with zero attached hydrogens (tertiary/aromatic N) is 1. The van der Waals surface area contributed by atoms with E-state index in [1.807, 2.05) is 31.2 Å². The number of urea groups is 1. The Kier molecular flexibility index (Phi) is 7.99. The number of anilines is 3. The maximum Gasteiger partial charge on any atom is 0.323 e. The highest BCUT2D eigenvalue weighted by Crippen LogP contribution is 2.30. The van der Waals surface area contributed by atoms with E-state index < -0.39 is 17.7 Å². The van der Waals surface area contributed by atoms with E-state index in [9.17, 15) is 18.4 Å². The number of benzene rings is 3. The zero-order chi connectivity index (χ0) is 25.5. The summed E-state index contributed by atoms with van der Waals surface area (Å²) in [6.07, 6.45) is 2.03. The van der Waals surface area contributed by atoms with E-state index >= 15 is 0 Å². The van der Waals surface area contributed by atoms with E-state index in [-0.39, 0.29) is 11.6 Å². The molecule has 3 amide bonds.